The van der Waals surface area contributed by atoms with Crippen LogP contribution in [0.25, 0.3) is 11.1 Å². The summed E-state index contributed by atoms with van der Waals surface area (Å²) in [4.78, 5) is 12.5. The van der Waals surface area contributed by atoms with E-state index in [1.165, 1.54) is 18.2 Å². The second kappa shape index (κ2) is 10.8. The molecule has 0 aliphatic carbocycles. The predicted octanol–water partition coefficient (Wildman–Crippen LogP) is 5.67. The SMILES string of the molecule is CCCc1c(-c2cccc(OC(F)(F)F)c2)c(C(N)=O)c(C)n1CCc1ccc(OC)c(OC)c1. The molecule has 0 bridgehead atoms. The summed E-state index contributed by atoms with van der Waals surface area (Å²) in [6.45, 7) is 4.33. The van der Waals surface area contributed by atoms with Crippen LogP contribution in [0.3, 0.4) is 0 Å². The smallest absolute Gasteiger partial charge is 0.493 e. The first-order valence-electron chi connectivity index (χ1n) is 11.2. The minimum Gasteiger partial charge on any atom is -0.493 e. The van der Waals surface area contributed by atoms with Crippen LogP contribution in [-0.4, -0.2) is 31.1 Å². The Labute approximate surface area is 202 Å². The van der Waals surface area contributed by atoms with E-state index in [0.29, 0.717) is 53.3 Å². The minimum absolute atomic E-state index is 0.296. The second-order valence-electron chi connectivity index (χ2n) is 8.06. The topological polar surface area (TPSA) is 75.7 Å². The normalized spacial score (nSPS) is 11.4. The van der Waals surface area contributed by atoms with Crippen LogP contribution >= 0.6 is 0 Å². The summed E-state index contributed by atoms with van der Waals surface area (Å²) in [5.74, 6) is 0.243. The van der Waals surface area contributed by atoms with Gasteiger partial charge in [0.25, 0.3) is 5.91 Å². The quantitative estimate of drug-likeness (QED) is 0.397. The first-order chi connectivity index (χ1) is 16.6. The molecular formula is C26H29F3N2O4. The van der Waals surface area contributed by atoms with Crippen LogP contribution in [-0.2, 0) is 19.4 Å². The van der Waals surface area contributed by atoms with Gasteiger partial charge in [-0.2, -0.15) is 0 Å². The number of hydrogen-bond donors (Lipinski definition) is 1. The molecule has 3 rings (SSSR count). The molecule has 0 saturated heterocycles. The number of aryl methyl sites for hydroxylation is 1. The molecule has 0 spiro atoms. The zero-order chi connectivity index (χ0) is 25.8. The van der Waals surface area contributed by atoms with Crippen LogP contribution in [0.4, 0.5) is 13.2 Å². The number of methoxy groups -OCH3 is 2. The van der Waals surface area contributed by atoms with Gasteiger partial charge < -0.3 is 24.5 Å². The molecule has 3 aromatic rings. The van der Waals surface area contributed by atoms with E-state index in [9.17, 15) is 18.0 Å². The Hall–Kier alpha value is -3.62. The number of alkyl halides is 3. The Balaban J connectivity index is 2.07. The maximum Gasteiger partial charge on any atom is 0.573 e. The molecule has 2 aromatic carbocycles. The summed E-state index contributed by atoms with van der Waals surface area (Å²) in [5, 5.41) is 0. The molecule has 0 aliphatic heterocycles. The Morgan fingerprint density at radius 2 is 1.74 bits per heavy atom. The van der Waals surface area contributed by atoms with Crippen LogP contribution in [0.1, 0.15) is 40.7 Å². The first kappa shape index (κ1) is 26.0. The third-order valence-corrected chi connectivity index (χ3v) is 5.79. The fraction of sp³-hybridized carbons (Fsp3) is 0.346. The molecule has 6 nitrogen and oxygen atoms in total. The van der Waals surface area contributed by atoms with Crippen LogP contribution in [0.15, 0.2) is 42.5 Å². The number of halogens is 3. The lowest BCUT2D eigenvalue weighted by Gasteiger charge is -2.15. The molecule has 0 radical (unpaired) electrons. The van der Waals surface area contributed by atoms with Crippen molar-refractivity contribution >= 4 is 5.91 Å². The molecule has 1 amide bonds. The minimum atomic E-state index is -4.82. The average Bonchev–Trinajstić information content (AvgIpc) is 3.08. The number of nitrogens with zero attached hydrogens (tertiary/aromatic N) is 1. The molecule has 2 N–H and O–H groups in total. The zero-order valence-electron chi connectivity index (χ0n) is 20.2. The van der Waals surface area contributed by atoms with Gasteiger partial charge in [0.05, 0.1) is 19.8 Å². The standard InChI is InChI=1S/C26H29F3N2O4/c1-5-7-20-24(18-8-6-9-19(15-18)35-26(27,28)29)23(25(30)32)16(2)31(20)13-12-17-10-11-21(33-3)22(14-17)34-4/h6,8-11,14-15H,5,7,12-13H2,1-4H3,(H2,30,32). The molecular weight excluding hydrogens is 461 g/mol. The largest absolute Gasteiger partial charge is 0.573 e. The number of carbonyl (C=O) groups is 1. The van der Waals surface area contributed by atoms with E-state index in [2.05, 4.69) is 4.74 Å². The maximum absolute atomic E-state index is 12.8. The number of primary amides is 1. The van der Waals surface area contributed by atoms with Crippen molar-refractivity contribution in [3.63, 3.8) is 0 Å². The van der Waals surface area contributed by atoms with Gasteiger partial charge in [-0.15, -0.1) is 13.2 Å². The van der Waals surface area contributed by atoms with Gasteiger partial charge in [0.1, 0.15) is 5.75 Å². The van der Waals surface area contributed by atoms with E-state index in [0.717, 1.165) is 17.7 Å². The van der Waals surface area contributed by atoms with Crippen LogP contribution in [0, 0.1) is 6.92 Å². The van der Waals surface area contributed by atoms with Crippen molar-refractivity contribution in [2.45, 2.75) is 46.0 Å². The molecule has 1 aromatic heterocycles. The van der Waals surface area contributed by atoms with Crippen molar-refractivity contribution < 1.29 is 32.2 Å². The Morgan fingerprint density at radius 3 is 2.34 bits per heavy atom. The van der Waals surface area contributed by atoms with Crippen LogP contribution in [0.5, 0.6) is 17.2 Å². The van der Waals surface area contributed by atoms with Gasteiger partial charge in [-0.25, -0.2) is 0 Å². The summed E-state index contributed by atoms with van der Waals surface area (Å²) in [6.07, 6.45) is -2.82. The molecule has 0 saturated carbocycles. The van der Waals surface area contributed by atoms with Gasteiger partial charge in [-0.05, 0) is 55.2 Å². The molecule has 0 fully saturated rings. The lowest BCUT2D eigenvalue weighted by Crippen LogP contribution is -2.17. The monoisotopic (exact) mass is 490 g/mol. The highest BCUT2D eigenvalue weighted by Gasteiger charge is 2.31. The molecule has 0 unspecified atom stereocenters. The van der Waals surface area contributed by atoms with Gasteiger partial charge in [0.15, 0.2) is 11.5 Å². The van der Waals surface area contributed by atoms with Gasteiger partial charge in [-0.3, -0.25) is 4.79 Å². The number of nitrogens with two attached hydrogens (primary N) is 1. The van der Waals surface area contributed by atoms with Gasteiger partial charge in [0.2, 0.25) is 0 Å². The van der Waals surface area contributed by atoms with Crippen molar-refractivity contribution in [1.29, 1.82) is 0 Å². The fourth-order valence-corrected chi connectivity index (χ4v) is 4.34. The highest BCUT2D eigenvalue weighted by molar-refractivity contribution is 6.02. The van der Waals surface area contributed by atoms with Gasteiger partial charge in [-0.1, -0.05) is 31.5 Å². The molecule has 9 heteroatoms. The summed E-state index contributed by atoms with van der Waals surface area (Å²) < 4.78 is 55.2. The molecule has 188 valence electrons. The lowest BCUT2D eigenvalue weighted by atomic mass is 9.98. The molecule has 35 heavy (non-hydrogen) atoms. The third kappa shape index (κ3) is 5.90. The molecule has 0 atom stereocenters. The van der Waals surface area contributed by atoms with Crippen molar-refractivity contribution in [2.75, 3.05) is 14.2 Å². The number of hydrogen-bond acceptors (Lipinski definition) is 4. The predicted molar refractivity (Wildman–Crippen MR) is 127 cm³/mol. The van der Waals surface area contributed by atoms with E-state index >= 15 is 0 Å². The number of aromatic nitrogens is 1. The summed E-state index contributed by atoms with van der Waals surface area (Å²) in [7, 11) is 3.14. The summed E-state index contributed by atoms with van der Waals surface area (Å²) >= 11 is 0. The van der Waals surface area contributed by atoms with Gasteiger partial charge >= 0.3 is 6.36 Å². The first-order valence-corrected chi connectivity index (χ1v) is 11.2. The second-order valence-corrected chi connectivity index (χ2v) is 8.06. The maximum atomic E-state index is 12.8. The van der Waals surface area contributed by atoms with Crippen molar-refractivity contribution in [1.82, 2.24) is 4.57 Å². The Morgan fingerprint density at radius 1 is 1.03 bits per heavy atom. The van der Waals surface area contributed by atoms with Crippen molar-refractivity contribution in [2.24, 2.45) is 5.73 Å². The molecule has 0 aliphatic rings. The fourth-order valence-electron chi connectivity index (χ4n) is 4.34. The number of amides is 1. The third-order valence-electron chi connectivity index (χ3n) is 5.79. The van der Waals surface area contributed by atoms with E-state index < -0.39 is 12.3 Å². The lowest BCUT2D eigenvalue weighted by molar-refractivity contribution is -0.274. The van der Waals surface area contributed by atoms with E-state index in [1.807, 2.05) is 29.7 Å². The van der Waals surface area contributed by atoms with Crippen molar-refractivity contribution in [3.05, 3.63) is 65.0 Å². The van der Waals surface area contributed by atoms with E-state index in [-0.39, 0.29) is 5.75 Å². The summed E-state index contributed by atoms with van der Waals surface area (Å²) in [5.41, 5.74) is 9.53. The number of carbonyl (C=O) groups excluding carboxylic acids is 1. The van der Waals surface area contributed by atoms with E-state index in [4.69, 9.17) is 15.2 Å². The summed E-state index contributed by atoms with van der Waals surface area (Å²) in [6, 6.07) is 11.3. The Bertz CT molecular complexity index is 1200. The van der Waals surface area contributed by atoms with E-state index in [1.54, 1.807) is 27.2 Å². The zero-order valence-corrected chi connectivity index (χ0v) is 20.2. The highest BCUT2D eigenvalue weighted by Crippen LogP contribution is 2.36. The average molecular weight is 491 g/mol. The number of rotatable bonds is 10. The Kier molecular flexibility index (Phi) is 7.99. The van der Waals surface area contributed by atoms with Crippen molar-refractivity contribution in [3.8, 4) is 28.4 Å². The number of benzene rings is 2. The molecule has 1 heterocycles. The van der Waals surface area contributed by atoms with Crippen LogP contribution in [0.2, 0.25) is 0 Å². The van der Waals surface area contributed by atoms with Crippen LogP contribution < -0.4 is 19.9 Å². The number of ether oxygens (including phenoxy) is 3. The highest BCUT2D eigenvalue weighted by atomic mass is 19.4. The van der Waals surface area contributed by atoms with Gasteiger partial charge in [0, 0.05) is 23.5 Å².